The van der Waals surface area contributed by atoms with Crippen molar-refractivity contribution in [2.24, 2.45) is 0 Å². The summed E-state index contributed by atoms with van der Waals surface area (Å²) >= 11 is 0. The van der Waals surface area contributed by atoms with E-state index in [-0.39, 0.29) is 17.9 Å². The first-order valence-electron chi connectivity index (χ1n) is 8.76. The minimum Gasteiger partial charge on any atom is -0.270 e. The number of hydrogen-bond acceptors (Lipinski definition) is 4. The van der Waals surface area contributed by atoms with E-state index >= 15 is 0 Å². The highest BCUT2D eigenvalue weighted by atomic mass is 32.2. The molecule has 2 aromatic rings. The van der Waals surface area contributed by atoms with Gasteiger partial charge in [0.15, 0.2) is 0 Å². The Labute approximate surface area is 155 Å². The minimum absolute atomic E-state index is 0.0407. The molecule has 1 aliphatic rings. The Morgan fingerprint density at radius 1 is 1.04 bits per heavy atom. The second-order valence-electron chi connectivity index (χ2n) is 6.36. The number of nitrogens with one attached hydrogen (secondary N) is 2. The van der Waals surface area contributed by atoms with Crippen LogP contribution in [0.15, 0.2) is 72.4 Å². The molecular formula is C20H24N2O3S. The van der Waals surface area contributed by atoms with Crippen molar-refractivity contribution in [1.29, 1.82) is 0 Å². The molecule has 0 spiro atoms. The number of allylic oxidation sites excluding steroid dienone is 1. The Kier molecular flexibility index (Phi) is 6.08. The molecule has 3 rings (SSSR count). The summed E-state index contributed by atoms with van der Waals surface area (Å²) in [5.41, 5.74) is 6.12. The summed E-state index contributed by atoms with van der Waals surface area (Å²) in [6.07, 6.45) is 2.88. The van der Waals surface area contributed by atoms with Gasteiger partial charge in [-0.25, -0.2) is 13.1 Å². The first kappa shape index (κ1) is 18.6. The van der Waals surface area contributed by atoms with E-state index in [2.05, 4.69) is 22.3 Å². The molecule has 0 saturated heterocycles. The molecule has 6 heteroatoms. The van der Waals surface area contributed by atoms with Gasteiger partial charge in [-0.3, -0.25) is 10.3 Å². The van der Waals surface area contributed by atoms with Crippen molar-refractivity contribution >= 4 is 10.0 Å². The van der Waals surface area contributed by atoms with Crippen molar-refractivity contribution < 1.29 is 13.3 Å². The molecular weight excluding hydrogens is 348 g/mol. The number of benzene rings is 2. The molecule has 0 bridgehead atoms. The summed E-state index contributed by atoms with van der Waals surface area (Å²) in [4.78, 5) is 5.69. The van der Waals surface area contributed by atoms with Crippen LogP contribution in [0, 0.1) is 0 Å². The quantitative estimate of drug-likeness (QED) is 0.747. The SMILES string of the molecule is CCS(=O)(=O)NC(Cc1ccccc1)C1C=C(Cc2ccccc2)NO1. The van der Waals surface area contributed by atoms with E-state index in [0.717, 1.165) is 17.7 Å². The summed E-state index contributed by atoms with van der Waals surface area (Å²) in [7, 11) is -3.34. The van der Waals surface area contributed by atoms with E-state index in [4.69, 9.17) is 4.84 Å². The smallest absolute Gasteiger partial charge is 0.211 e. The van der Waals surface area contributed by atoms with Crippen molar-refractivity contribution in [3.63, 3.8) is 0 Å². The van der Waals surface area contributed by atoms with Gasteiger partial charge in [-0.15, -0.1) is 0 Å². The van der Waals surface area contributed by atoms with Gasteiger partial charge in [0, 0.05) is 12.1 Å². The monoisotopic (exact) mass is 372 g/mol. The molecule has 138 valence electrons. The highest BCUT2D eigenvalue weighted by molar-refractivity contribution is 7.89. The molecule has 26 heavy (non-hydrogen) atoms. The van der Waals surface area contributed by atoms with Crippen molar-refractivity contribution in [3.05, 3.63) is 83.6 Å². The Hall–Kier alpha value is -2.15. The van der Waals surface area contributed by atoms with Crippen molar-refractivity contribution in [3.8, 4) is 0 Å². The van der Waals surface area contributed by atoms with Gasteiger partial charge in [-0.1, -0.05) is 60.7 Å². The molecule has 0 saturated carbocycles. The molecule has 0 amide bonds. The zero-order valence-electron chi connectivity index (χ0n) is 14.8. The van der Waals surface area contributed by atoms with Crippen LogP contribution < -0.4 is 10.2 Å². The average Bonchev–Trinajstić information content (AvgIpc) is 3.11. The number of hydrogen-bond donors (Lipinski definition) is 2. The first-order valence-corrected chi connectivity index (χ1v) is 10.4. The summed E-state index contributed by atoms with van der Waals surface area (Å²) < 4.78 is 27.0. The van der Waals surface area contributed by atoms with E-state index in [9.17, 15) is 8.42 Å². The fraction of sp³-hybridized carbons (Fsp3) is 0.300. The lowest BCUT2D eigenvalue weighted by molar-refractivity contribution is 0.0248. The third-order valence-corrected chi connectivity index (χ3v) is 5.76. The van der Waals surface area contributed by atoms with Gasteiger partial charge < -0.3 is 0 Å². The third kappa shape index (κ3) is 5.17. The molecule has 2 unspecified atom stereocenters. The maximum Gasteiger partial charge on any atom is 0.211 e. The fourth-order valence-electron chi connectivity index (χ4n) is 2.93. The molecule has 2 atom stereocenters. The number of sulfonamides is 1. The van der Waals surface area contributed by atoms with Crippen LogP contribution in [0.4, 0.5) is 0 Å². The summed E-state index contributed by atoms with van der Waals surface area (Å²) in [5, 5.41) is 0. The summed E-state index contributed by atoms with van der Waals surface area (Å²) in [5.74, 6) is 0.0407. The van der Waals surface area contributed by atoms with Gasteiger partial charge >= 0.3 is 0 Å². The van der Waals surface area contributed by atoms with Crippen molar-refractivity contribution in [2.45, 2.75) is 31.9 Å². The van der Waals surface area contributed by atoms with Gasteiger partial charge in [-0.2, -0.15) is 0 Å². The number of hydroxylamine groups is 1. The van der Waals surface area contributed by atoms with Crippen LogP contribution >= 0.6 is 0 Å². The molecule has 0 aliphatic carbocycles. The number of rotatable bonds is 8. The topological polar surface area (TPSA) is 67.4 Å². The lowest BCUT2D eigenvalue weighted by atomic mass is 10.0. The lowest BCUT2D eigenvalue weighted by Gasteiger charge is -2.22. The predicted molar refractivity (Wildman–Crippen MR) is 103 cm³/mol. The normalized spacial score (nSPS) is 18.2. The van der Waals surface area contributed by atoms with E-state index in [0.29, 0.717) is 6.42 Å². The Bertz CT molecular complexity index is 836. The van der Waals surface area contributed by atoms with Gasteiger partial charge in [0.1, 0.15) is 6.10 Å². The third-order valence-electron chi connectivity index (χ3n) is 4.33. The standard InChI is InChI=1S/C20H24N2O3S/c1-2-26(23,24)22-19(14-17-11-7-4-8-12-17)20-15-18(21-25-20)13-16-9-5-3-6-10-16/h3-12,15,19-22H,2,13-14H2,1H3. The highest BCUT2D eigenvalue weighted by Gasteiger charge is 2.29. The fourth-order valence-corrected chi connectivity index (χ4v) is 3.77. The predicted octanol–water partition coefficient (Wildman–Crippen LogP) is 2.57. The lowest BCUT2D eigenvalue weighted by Crippen LogP contribution is -2.45. The van der Waals surface area contributed by atoms with Gasteiger partial charge in [-0.05, 0) is 30.5 Å². The van der Waals surface area contributed by atoms with Crippen molar-refractivity contribution in [1.82, 2.24) is 10.2 Å². The maximum absolute atomic E-state index is 12.1. The zero-order chi connectivity index (χ0) is 18.4. The van der Waals surface area contributed by atoms with Crippen LogP contribution in [-0.4, -0.2) is 26.3 Å². The van der Waals surface area contributed by atoms with Crippen LogP contribution in [-0.2, 0) is 27.7 Å². The maximum atomic E-state index is 12.1. The molecule has 1 heterocycles. The van der Waals surface area contributed by atoms with Gasteiger partial charge in [0.2, 0.25) is 10.0 Å². The molecule has 2 aromatic carbocycles. The first-order chi connectivity index (χ1) is 12.6. The Morgan fingerprint density at radius 3 is 2.27 bits per heavy atom. The van der Waals surface area contributed by atoms with E-state index in [1.807, 2.05) is 54.6 Å². The van der Waals surface area contributed by atoms with Gasteiger partial charge in [0.05, 0.1) is 11.8 Å². The van der Waals surface area contributed by atoms with Gasteiger partial charge in [0.25, 0.3) is 0 Å². The largest absolute Gasteiger partial charge is 0.270 e. The molecule has 0 aromatic heterocycles. The van der Waals surface area contributed by atoms with E-state index in [1.165, 1.54) is 5.56 Å². The second kappa shape index (κ2) is 8.49. The van der Waals surface area contributed by atoms with Crippen LogP contribution in [0.3, 0.4) is 0 Å². The molecule has 2 N–H and O–H groups in total. The van der Waals surface area contributed by atoms with Crippen LogP contribution in [0.1, 0.15) is 18.1 Å². The van der Waals surface area contributed by atoms with Crippen LogP contribution in [0.25, 0.3) is 0 Å². The second-order valence-corrected chi connectivity index (χ2v) is 8.40. The summed E-state index contributed by atoms with van der Waals surface area (Å²) in [6, 6.07) is 19.5. The highest BCUT2D eigenvalue weighted by Crippen LogP contribution is 2.18. The van der Waals surface area contributed by atoms with Crippen LogP contribution in [0.5, 0.6) is 0 Å². The molecule has 0 radical (unpaired) electrons. The minimum atomic E-state index is -3.34. The molecule has 5 nitrogen and oxygen atoms in total. The Balaban J connectivity index is 1.75. The van der Waals surface area contributed by atoms with E-state index in [1.54, 1.807) is 6.92 Å². The molecule has 0 fully saturated rings. The van der Waals surface area contributed by atoms with Crippen LogP contribution in [0.2, 0.25) is 0 Å². The Morgan fingerprint density at radius 2 is 1.65 bits per heavy atom. The average molecular weight is 372 g/mol. The van der Waals surface area contributed by atoms with Crippen molar-refractivity contribution in [2.75, 3.05) is 5.75 Å². The zero-order valence-corrected chi connectivity index (χ0v) is 15.6. The van der Waals surface area contributed by atoms with E-state index < -0.39 is 10.0 Å². The molecule has 1 aliphatic heterocycles. The summed E-state index contributed by atoms with van der Waals surface area (Å²) in [6.45, 7) is 1.63.